The van der Waals surface area contributed by atoms with E-state index in [1.54, 1.807) is 0 Å². The van der Waals surface area contributed by atoms with E-state index in [4.69, 9.17) is 9.47 Å². The van der Waals surface area contributed by atoms with E-state index in [2.05, 4.69) is 4.90 Å². The van der Waals surface area contributed by atoms with Crippen LogP contribution in [-0.4, -0.2) is 74.8 Å². The lowest BCUT2D eigenvalue weighted by atomic mass is 10.2. The Kier molecular flexibility index (Phi) is 5.64. The Morgan fingerprint density at radius 3 is 2.64 bits per heavy atom. The molecule has 0 N–H and O–H groups in total. The summed E-state index contributed by atoms with van der Waals surface area (Å²) in [6.45, 7) is 3.68. The van der Waals surface area contributed by atoms with Gasteiger partial charge in [0.1, 0.15) is 6.79 Å². The molecule has 2 fully saturated rings. The number of nitro benzene ring substituents is 1. The van der Waals surface area contributed by atoms with E-state index in [-0.39, 0.29) is 16.7 Å². The van der Waals surface area contributed by atoms with Crippen molar-refractivity contribution in [3.63, 3.8) is 0 Å². The lowest BCUT2D eigenvalue weighted by molar-refractivity contribution is -0.385. The lowest BCUT2D eigenvalue weighted by Gasteiger charge is -2.36. The molecule has 2 heterocycles. The first-order chi connectivity index (χ1) is 12.0. The average molecular weight is 371 g/mol. The van der Waals surface area contributed by atoms with Crippen LogP contribution in [0.1, 0.15) is 6.42 Å². The molecule has 138 valence electrons. The number of rotatable bonds is 5. The number of hydrogen-bond donors (Lipinski definition) is 0. The van der Waals surface area contributed by atoms with Gasteiger partial charge in [0.15, 0.2) is 0 Å². The van der Waals surface area contributed by atoms with Crippen molar-refractivity contribution in [2.75, 3.05) is 46.1 Å². The second kappa shape index (κ2) is 7.75. The summed E-state index contributed by atoms with van der Waals surface area (Å²) in [5.74, 6) is 0. The van der Waals surface area contributed by atoms with E-state index in [9.17, 15) is 18.5 Å². The standard InChI is InChI=1S/C15H21N3O6S/c19-18(20)13-2-1-3-15(10-13)25(21,22)17-7-5-16(6-8-17)11-14-4-9-23-12-24-14/h1-3,10,14H,4-9,11-12H2. The van der Waals surface area contributed by atoms with Crippen LogP contribution >= 0.6 is 0 Å². The number of nitro groups is 1. The molecule has 3 rings (SSSR count). The molecular formula is C15H21N3O6S. The van der Waals surface area contributed by atoms with Crippen LogP contribution in [0.2, 0.25) is 0 Å². The maximum absolute atomic E-state index is 12.7. The number of sulfonamides is 1. The average Bonchev–Trinajstić information content (AvgIpc) is 2.63. The Hall–Kier alpha value is -1.59. The first kappa shape index (κ1) is 18.2. The Bertz CT molecular complexity index is 712. The molecular weight excluding hydrogens is 350 g/mol. The van der Waals surface area contributed by atoms with Gasteiger partial charge in [0, 0.05) is 44.9 Å². The van der Waals surface area contributed by atoms with Gasteiger partial charge in [0.05, 0.1) is 22.5 Å². The van der Waals surface area contributed by atoms with Gasteiger partial charge in [-0.05, 0) is 12.5 Å². The molecule has 1 aromatic rings. The topological polar surface area (TPSA) is 102 Å². The zero-order chi connectivity index (χ0) is 17.9. The van der Waals surface area contributed by atoms with Gasteiger partial charge in [-0.15, -0.1) is 0 Å². The van der Waals surface area contributed by atoms with Crippen molar-refractivity contribution in [2.45, 2.75) is 17.4 Å². The first-order valence-corrected chi connectivity index (χ1v) is 9.57. The minimum absolute atomic E-state index is 0.0390. The normalized spacial score (nSPS) is 23.4. The first-order valence-electron chi connectivity index (χ1n) is 8.13. The number of nitrogens with zero attached hydrogens (tertiary/aromatic N) is 3. The fourth-order valence-corrected chi connectivity index (χ4v) is 4.45. The van der Waals surface area contributed by atoms with Crippen LogP contribution < -0.4 is 0 Å². The fraction of sp³-hybridized carbons (Fsp3) is 0.600. The van der Waals surface area contributed by atoms with Crippen LogP contribution in [0.4, 0.5) is 5.69 Å². The number of non-ortho nitro benzene ring substituents is 1. The minimum atomic E-state index is -3.72. The highest BCUT2D eigenvalue weighted by Gasteiger charge is 2.30. The minimum Gasteiger partial charge on any atom is -0.355 e. The molecule has 1 aromatic carbocycles. The van der Waals surface area contributed by atoms with Gasteiger partial charge in [-0.25, -0.2) is 8.42 Å². The van der Waals surface area contributed by atoms with E-state index in [0.717, 1.165) is 19.0 Å². The predicted octanol–water partition coefficient (Wildman–Crippen LogP) is 0.664. The van der Waals surface area contributed by atoms with Crippen molar-refractivity contribution in [3.05, 3.63) is 34.4 Å². The summed E-state index contributed by atoms with van der Waals surface area (Å²) in [7, 11) is -3.72. The zero-order valence-electron chi connectivity index (χ0n) is 13.7. The summed E-state index contributed by atoms with van der Waals surface area (Å²) >= 11 is 0. The Morgan fingerprint density at radius 1 is 1.24 bits per heavy atom. The Balaban J connectivity index is 1.61. The Morgan fingerprint density at radius 2 is 2.00 bits per heavy atom. The predicted molar refractivity (Wildman–Crippen MR) is 88.6 cm³/mol. The maximum atomic E-state index is 12.7. The van der Waals surface area contributed by atoms with Crippen molar-refractivity contribution in [3.8, 4) is 0 Å². The third-order valence-corrected chi connectivity index (χ3v) is 6.33. The van der Waals surface area contributed by atoms with E-state index < -0.39 is 14.9 Å². The molecule has 0 bridgehead atoms. The number of hydrogen-bond acceptors (Lipinski definition) is 7. The third-order valence-electron chi connectivity index (χ3n) is 4.43. The molecule has 25 heavy (non-hydrogen) atoms. The number of benzene rings is 1. The third kappa shape index (κ3) is 4.33. The number of ether oxygens (including phenoxy) is 2. The second-order valence-electron chi connectivity index (χ2n) is 6.06. The molecule has 0 saturated carbocycles. The summed E-state index contributed by atoms with van der Waals surface area (Å²) in [5.41, 5.74) is -0.226. The molecule has 0 aromatic heterocycles. The van der Waals surface area contributed by atoms with Gasteiger partial charge in [0.25, 0.3) is 5.69 Å². The van der Waals surface area contributed by atoms with Crippen molar-refractivity contribution in [2.24, 2.45) is 0 Å². The number of piperazine rings is 1. The smallest absolute Gasteiger partial charge is 0.270 e. The molecule has 9 nitrogen and oxygen atoms in total. The van der Waals surface area contributed by atoms with Crippen LogP contribution in [0.5, 0.6) is 0 Å². The molecule has 10 heteroatoms. The van der Waals surface area contributed by atoms with Crippen molar-refractivity contribution in [1.29, 1.82) is 0 Å². The van der Waals surface area contributed by atoms with Crippen LogP contribution in [0, 0.1) is 10.1 Å². The van der Waals surface area contributed by atoms with E-state index in [1.807, 2.05) is 0 Å². The molecule has 0 aliphatic carbocycles. The van der Waals surface area contributed by atoms with Gasteiger partial charge >= 0.3 is 0 Å². The van der Waals surface area contributed by atoms with Gasteiger partial charge in [-0.3, -0.25) is 15.0 Å². The SMILES string of the molecule is O=[N+]([O-])c1cccc(S(=O)(=O)N2CCN(CC3CCOCO3)CC2)c1. The zero-order valence-corrected chi connectivity index (χ0v) is 14.6. The quantitative estimate of drug-likeness (QED) is 0.553. The highest BCUT2D eigenvalue weighted by Crippen LogP contribution is 2.22. The summed E-state index contributed by atoms with van der Waals surface area (Å²) < 4.78 is 37.5. The fourth-order valence-electron chi connectivity index (χ4n) is 2.99. The van der Waals surface area contributed by atoms with E-state index >= 15 is 0 Å². The lowest BCUT2D eigenvalue weighted by Crippen LogP contribution is -2.51. The summed E-state index contributed by atoms with van der Waals surface area (Å²) in [4.78, 5) is 12.4. The molecule has 2 aliphatic rings. The van der Waals surface area contributed by atoms with Gasteiger partial charge in [-0.1, -0.05) is 6.07 Å². The highest BCUT2D eigenvalue weighted by atomic mass is 32.2. The highest BCUT2D eigenvalue weighted by molar-refractivity contribution is 7.89. The molecule has 0 spiro atoms. The van der Waals surface area contributed by atoms with Gasteiger partial charge < -0.3 is 9.47 Å². The summed E-state index contributed by atoms with van der Waals surface area (Å²) in [5, 5.41) is 10.9. The van der Waals surface area contributed by atoms with Crippen LogP contribution in [-0.2, 0) is 19.5 Å². The molecule has 0 amide bonds. The van der Waals surface area contributed by atoms with Crippen molar-refractivity contribution < 1.29 is 22.8 Å². The second-order valence-corrected chi connectivity index (χ2v) is 8.00. The largest absolute Gasteiger partial charge is 0.355 e. The van der Waals surface area contributed by atoms with Crippen molar-refractivity contribution >= 4 is 15.7 Å². The van der Waals surface area contributed by atoms with Crippen LogP contribution in [0.3, 0.4) is 0 Å². The monoisotopic (exact) mass is 371 g/mol. The summed E-state index contributed by atoms with van der Waals surface area (Å²) in [6, 6.07) is 5.18. The van der Waals surface area contributed by atoms with E-state index in [1.165, 1.54) is 22.5 Å². The molecule has 2 aliphatic heterocycles. The molecule has 0 radical (unpaired) electrons. The van der Waals surface area contributed by atoms with Crippen LogP contribution in [0.15, 0.2) is 29.2 Å². The van der Waals surface area contributed by atoms with Gasteiger partial charge in [0.2, 0.25) is 10.0 Å². The van der Waals surface area contributed by atoms with Crippen LogP contribution in [0.25, 0.3) is 0 Å². The summed E-state index contributed by atoms with van der Waals surface area (Å²) in [6.07, 6.45) is 0.959. The van der Waals surface area contributed by atoms with E-state index in [0.29, 0.717) is 39.6 Å². The maximum Gasteiger partial charge on any atom is 0.270 e. The van der Waals surface area contributed by atoms with Crippen molar-refractivity contribution in [1.82, 2.24) is 9.21 Å². The Labute approximate surface area is 146 Å². The molecule has 2 saturated heterocycles. The van der Waals surface area contributed by atoms with Gasteiger partial charge in [-0.2, -0.15) is 4.31 Å². The molecule has 1 unspecified atom stereocenters. The molecule has 1 atom stereocenters.